The van der Waals surface area contributed by atoms with Crippen molar-refractivity contribution in [3.8, 4) is 0 Å². The number of aliphatic hydroxyl groups excluding tert-OH is 1. The Morgan fingerprint density at radius 3 is 2.48 bits per heavy atom. The van der Waals surface area contributed by atoms with Crippen molar-refractivity contribution >= 4 is 21.6 Å². The zero-order valence-electron chi connectivity index (χ0n) is 12.3. The smallest absolute Gasteiger partial charge is 0.244 e. The van der Waals surface area contributed by atoms with Crippen LogP contribution in [0.25, 0.3) is 0 Å². The van der Waals surface area contributed by atoms with E-state index in [9.17, 15) is 8.42 Å². The molecule has 21 heavy (non-hydrogen) atoms. The second-order valence-corrected chi connectivity index (χ2v) is 7.84. The summed E-state index contributed by atoms with van der Waals surface area (Å²) in [6.45, 7) is 0.776. The third-order valence-corrected chi connectivity index (χ3v) is 6.33. The minimum absolute atomic E-state index is 0.0824. The molecule has 0 atom stereocenters. The summed E-state index contributed by atoms with van der Waals surface area (Å²) >= 11 is 6.04. The maximum absolute atomic E-state index is 12.7. The molecule has 0 radical (unpaired) electrons. The fraction of sp³-hybridized carbons (Fsp3) is 0.571. The van der Waals surface area contributed by atoms with Gasteiger partial charge < -0.3 is 10.0 Å². The highest BCUT2D eigenvalue weighted by molar-refractivity contribution is 7.89. The zero-order chi connectivity index (χ0) is 15.6. The Labute approximate surface area is 131 Å². The highest BCUT2D eigenvalue weighted by atomic mass is 35.5. The molecule has 1 aliphatic heterocycles. The predicted molar refractivity (Wildman–Crippen MR) is 82.8 cm³/mol. The summed E-state index contributed by atoms with van der Waals surface area (Å²) in [4.78, 5) is 2.21. The molecule has 7 heteroatoms. The molecule has 0 bridgehead atoms. The third-order valence-electron chi connectivity index (χ3n) is 3.95. The van der Waals surface area contributed by atoms with Crippen LogP contribution in [0.1, 0.15) is 18.4 Å². The van der Waals surface area contributed by atoms with Gasteiger partial charge in [0.05, 0.1) is 11.6 Å². The van der Waals surface area contributed by atoms with Crippen LogP contribution in [0.4, 0.5) is 0 Å². The molecule has 0 saturated carbocycles. The molecule has 1 heterocycles. The van der Waals surface area contributed by atoms with Gasteiger partial charge in [0.1, 0.15) is 4.90 Å². The molecule has 1 aromatic rings. The van der Waals surface area contributed by atoms with Gasteiger partial charge in [-0.05, 0) is 44.6 Å². The zero-order valence-corrected chi connectivity index (χ0v) is 13.9. The lowest BCUT2D eigenvalue weighted by Crippen LogP contribution is -2.44. The van der Waals surface area contributed by atoms with Crippen molar-refractivity contribution in [3.05, 3.63) is 28.8 Å². The Kier molecular flexibility index (Phi) is 5.27. The van der Waals surface area contributed by atoms with E-state index < -0.39 is 10.0 Å². The van der Waals surface area contributed by atoms with Crippen LogP contribution in [-0.4, -0.2) is 56.0 Å². The summed E-state index contributed by atoms with van der Waals surface area (Å²) in [5, 5.41) is 9.36. The number of rotatable bonds is 4. The number of hydrogen-bond donors (Lipinski definition) is 1. The lowest BCUT2D eigenvalue weighted by Gasteiger charge is -2.34. The maximum atomic E-state index is 12.7. The van der Waals surface area contributed by atoms with Gasteiger partial charge in [-0.25, -0.2) is 8.42 Å². The lowest BCUT2D eigenvalue weighted by atomic mass is 10.1. The second kappa shape index (κ2) is 6.62. The second-order valence-electron chi connectivity index (χ2n) is 5.52. The van der Waals surface area contributed by atoms with E-state index in [4.69, 9.17) is 16.7 Å². The molecule has 1 aliphatic rings. The van der Waals surface area contributed by atoms with E-state index in [1.807, 2.05) is 14.1 Å². The summed E-state index contributed by atoms with van der Waals surface area (Å²) < 4.78 is 26.9. The molecule has 1 aromatic carbocycles. The Hall–Kier alpha value is -0.660. The third kappa shape index (κ3) is 3.57. The monoisotopic (exact) mass is 332 g/mol. The van der Waals surface area contributed by atoms with Crippen molar-refractivity contribution in [2.45, 2.75) is 30.4 Å². The van der Waals surface area contributed by atoms with Crippen molar-refractivity contribution in [1.82, 2.24) is 9.21 Å². The van der Waals surface area contributed by atoms with Gasteiger partial charge in [0.25, 0.3) is 0 Å². The molecule has 5 nitrogen and oxygen atoms in total. The van der Waals surface area contributed by atoms with E-state index in [1.165, 1.54) is 16.4 Å². The fourth-order valence-electron chi connectivity index (χ4n) is 2.58. The van der Waals surface area contributed by atoms with Crippen molar-refractivity contribution < 1.29 is 13.5 Å². The van der Waals surface area contributed by atoms with E-state index in [1.54, 1.807) is 6.07 Å². The standard InChI is InChI=1S/C14H21ClN2O3S/c1-16(2)12-5-7-17(8-6-12)21(19,20)14-9-11(10-18)3-4-13(14)15/h3-4,9,12,18H,5-8,10H2,1-2H3. The van der Waals surface area contributed by atoms with Gasteiger partial charge in [-0.1, -0.05) is 17.7 Å². The lowest BCUT2D eigenvalue weighted by molar-refractivity contribution is 0.196. The van der Waals surface area contributed by atoms with Crippen LogP contribution >= 0.6 is 11.6 Å². The minimum atomic E-state index is -3.60. The maximum Gasteiger partial charge on any atom is 0.244 e. The summed E-state index contributed by atoms with van der Waals surface area (Å²) in [6, 6.07) is 5.01. The van der Waals surface area contributed by atoms with Gasteiger partial charge in [0, 0.05) is 19.1 Å². The van der Waals surface area contributed by atoms with Crippen molar-refractivity contribution in [2.24, 2.45) is 0 Å². The largest absolute Gasteiger partial charge is 0.392 e. The van der Waals surface area contributed by atoms with Crippen LogP contribution in [0.5, 0.6) is 0 Å². The van der Waals surface area contributed by atoms with Crippen LogP contribution in [0.15, 0.2) is 23.1 Å². The molecule has 0 aliphatic carbocycles. The summed E-state index contributed by atoms with van der Waals surface area (Å²) in [5.41, 5.74) is 0.543. The number of halogens is 1. The summed E-state index contributed by atoms with van der Waals surface area (Å²) in [6.07, 6.45) is 1.62. The number of nitrogens with zero attached hydrogens (tertiary/aromatic N) is 2. The van der Waals surface area contributed by atoms with Crippen molar-refractivity contribution in [3.63, 3.8) is 0 Å². The van der Waals surface area contributed by atoms with E-state index in [0.29, 0.717) is 24.7 Å². The van der Waals surface area contributed by atoms with E-state index in [2.05, 4.69) is 4.90 Å². The Balaban J connectivity index is 2.23. The molecule has 0 aromatic heterocycles. The van der Waals surface area contributed by atoms with Gasteiger partial charge in [-0.15, -0.1) is 0 Å². The van der Waals surface area contributed by atoms with Crippen LogP contribution in [0, 0.1) is 0 Å². The number of hydrogen-bond acceptors (Lipinski definition) is 4. The normalized spacial score (nSPS) is 18.3. The molecule has 1 saturated heterocycles. The molecule has 0 spiro atoms. The molecule has 0 unspecified atom stereocenters. The molecule has 1 N–H and O–H groups in total. The molecule has 1 fully saturated rings. The highest BCUT2D eigenvalue weighted by Gasteiger charge is 2.31. The first-order valence-electron chi connectivity index (χ1n) is 6.92. The number of benzene rings is 1. The first kappa shape index (κ1) is 16.7. The topological polar surface area (TPSA) is 60.9 Å². The SMILES string of the molecule is CN(C)C1CCN(S(=O)(=O)c2cc(CO)ccc2Cl)CC1. The number of aliphatic hydroxyl groups is 1. The van der Waals surface area contributed by atoms with Crippen molar-refractivity contribution in [1.29, 1.82) is 0 Å². The highest BCUT2D eigenvalue weighted by Crippen LogP contribution is 2.28. The number of sulfonamides is 1. The predicted octanol–water partition coefficient (Wildman–Crippen LogP) is 1.55. The van der Waals surface area contributed by atoms with Crippen LogP contribution in [0.3, 0.4) is 0 Å². The van der Waals surface area contributed by atoms with Gasteiger partial charge in [-0.3, -0.25) is 0 Å². The molecular weight excluding hydrogens is 312 g/mol. The Morgan fingerprint density at radius 1 is 1.33 bits per heavy atom. The quantitative estimate of drug-likeness (QED) is 0.908. The average Bonchev–Trinajstić information content (AvgIpc) is 2.47. The van der Waals surface area contributed by atoms with E-state index in [0.717, 1.165) is 12.8 Å². The molecular formula is C14H21ClN2O3S. The van der Waals surface area contributed by atoms with E-state index >= 15 is 0 Å². The summed E-state index contributed by atoms with van der Waals surface area (Å²) in [5.74, 6) is 0. The van der Waals surface area contributed by atoms with Gasteiger partial charge in [0.15, 0.2) is 0 Å². The molecule has 118 valence electrons. The van der Waals surface area contributed by atoms with Gasteiger partial charge >= 0.3 is 0 Å². The molecule has 0 amide bonds. The minimum Gasteiger partial charge on any atom is -0.392 e. The Morgan fingerprint density at radius 2 is 1.95 bits per heavy atom. The molecule has 2 rings (SSSR count). The summed E-state index contributed by atoms with van der Waals surface area (Å²) in [7, 11) is 0.418. The Bertz CT molecular complexity index is 596. The van der Waals surface area contributed by atoms with Crippen molar-refractivity contribution in [2.75, 3.05) is 27.2 Å². The number of piperidine rings is 1. The van der Waals surface area contributed by atoms with Crippen LogP contribution in [0.2, 0.25) is 5.02 Å². The first-order chi connectivity index (χ1) is 9.86. The first-order valence-corrected chi connectivity index (χ1v) is 8.74. The van der Waals surface area contributed by atoms with Gasteiger partial charge in [-0.2, -0.15) is 4.31 Å². The fourth-order valence-corrected chi connectivity index (χ4v) is 4.58. The van der Waals surface area contributed by atoms with E-state index in [-0.39, 0.29) is 16.5 Å². The van der Waals surface area contributed by atoms with Crippen LogP contribution in [-0.2, 0) is 16.6 Å². The van der Waals surface area contributed by atoms with Crippen LogP contribution < -0.4 is 0 Å². The van der Waals surface area contributed by atoms with Gasteiger partial charge in [0.2, 0.25) is 10.0 Å². The average molecular weight is 333 g/mol.